The lowest BCUT2D eigenvalue weighted by molar-refractivity contribution is -0.123. The molecule has 5 aromatic rings. The predicted octanol–water partition coefficient (Wildman–Crippen LogP) is 5.76. The molecule has 0 radical (unpaired) electrons. The van der Waals surface area contributed by atoms with Gasteiger partial charge in [0.15, 0.2) is 18.1 Å². The molecule has 0 unspecified atom stereocenters. The predicted molar refractivity (Wildman–Crippen MR) is 154 cm³/mol. The lowest BCUT2D eigenvalue weighted by atomic mass is 10.0. The average molecular weight is 535 g/mol. The number of rotatable bonds is 9. The van der Waals surface area contributed by atoms with Crippen molar-refractivity contribution in [3.8, 4) is 23.0 Å². The number of benzene rings is 5. The van der Waals surface area contributed by atoms with Crippen LogP contribution in [0.3, 0.4) is 0 Å². The summed E-state index contributed by atoms with van der Waals surface area (Å²) in [4.78, 5) is 25.5. The van der Waals surface area contributed by atoms with Crippen LogP contribution in [0.25, 0.3) is 21.5 Å². The number of hydrazone groups is 1. The van der Waals surface area contributed by atoms with Gasteiger partial charge < -0.3 is 18.9 Å². The molecule has 0 fully saturated rings. The third-order valence-electron chi connectivity index (χ3n) is 6.24. The van der Waals surface area contributed by atoms with Gasteiger partial charge >= 0.3 is 5.97 Å². The number of hydrogen-bond donors (Lipinski definition) is 1. The molecule has 0 spiro atoms. The summed E-state index contributed by atoms with van der Waals surface area (Å²) in [7, 11) is 3.01. The molecular weight excluding hydrogens is 508 g/mol. The Bertz CT molecular complexity index is 1720. The molecule has 0 heterocycles. The maximum atomic E-state index is 13.0. The lowest BCUT2D eigenvalue weighted by Crippen LogP contribution is -2.24. The highest BCUT2D eigenvalue weighted by atomic mass is 16.5. The number of methoxy groups -OCH3 is 2. The second kappa shape index (κ2) is 12.0. The molecule has 200 valence electrons. The first-order chi connectivity index (χ1) is 19.6. The van der Waals surface area contributed by atoms with E-state index in [4.69, 9.17) is 18.9 Å². The van der Waals surface area contributed by atoms with Gasteiger partial charge in [-0.1, -0.05) is 66.7 Å². The van der Waals surface area contributed by atoms with Gasteiger partial charge in [0.05, 0.1) is 26.0 Å². The van der Waals surface area contributed by atoms with Crippen LogP contribution in [0.2, 0.25) is 0 Å². The summed E-state index contributed by atoms with van der Waals surface area (Å²) in [5, 5.41) is 7.77. The SMILES string of the molecule is COc1ccc(C(=O)Oc2ccc3ccccc3c2C=NNC(=O)COc2cccc3ccccc23)cc1OC. The van der Waals surface area contributed by atoms with Crippen molar-refractivity contribution in [3.05, 3.63) is 108 Å². The topological polar surface area (TPSA) is 95.5 Å². The van der Waals surface area contributed by atoms with Crippen LogP contribution in [0.1, 0.15) is 15.9 Å². The summed E-state index contributed by atoms with van der Waals surface area (Å²) in [6.07, 6.45) is 1.45. The third kappa shape index (κ3) is 5.71. The number of nitrogens with zero attached hydrogens (tertiary/aromatic N) is 1. The summed E-state index contributed by atoms with van der Waals surface area (Å²) in [5.74, 6) is 0.772. The highest BCUT2D eigenvalue weighted by molar-refractivity contribution is 6.04. The average Bonchev–Trinajstić information content (AvgIpc) is 3.00. The Balaban J connectivity index is 1.33. The molecule has 0 saturated carbocycles. The van der Waals surface area contributed by atoms with Crippen LogP contribution in [0.5, 0.6) is 23.0 Å². The van der Waals surface area contributed by atoms with Crippen molar-refractivity contribution in [2.75, 3.05) is 20.8 Å². The first-order valence-corrected chi connectivity index (χ1v) is 12.5. The van der Waals surface area contributed by atoms with Crippen LogP contribution >= 0.6 is 0 Å². The van der Waals surface area contributed by atoms with Gasteiger partial charge in [0, 0.05) is 10.9 Å². The molecule has 8 heteroatoms. The molecule has 0 saturated heterocycles. The van der Waals surface area contributed by atoms with Crippen LogP contribution in [-0.4, -0.2) is 38.9 Å². The van der Waals surface area contributed by atoms with E-state index in [1.165, 1.54) is 20.4 Å². The Morgan fingerprint density at radius 1 is 0.725 bits per heavy atom. The number of esters is 1. The van der Waals surface area contributed by atoms with Crippen molar-refractivity contribution >= 4 is 39.6 Å². The van der Waals surface area contributed by atoms with Gasteiger partial charge in [0.1, 0.15) is 11.5 Å². The Morgan fingerprint density at radius 2 is 1.40 bits per heavy atom. The highest BCUT2D eigenvalue weighted by Gasteiger charge is 2.16. The quantitative estimate of drug-likeness (QED) is 0.112. The van der Waals surface area contributed by atoms with Gasteiger partial charge in [-0.25, -0.2) is 10.2 Å². The number of carbonyl (C=O) groups excluding carboxylic acids is 2. The van der Waals surface area contributed by atoms with Gasteiger partial charge in [-0.2, -0.15) is 5.10 Å². The molecule has 0 aliphatic heterocycles. The van der Waals surface area contributed by atoms with E-state index >= 15 is 0 Å². The van der Waals surface area contributed by atoms with Gasteiger partial charge in [-0.15, -0.1) is 0 Å². The zero-order valence-corrected chi connectivity index (χ0v) is 21.9. The fourth-order valence-electron chi connectivity index (χ4n) is 4.29. The van der Waals surface area contributed by atoms with E-state index in [1.807, 2.05) is 72.8 Å². The van der Waals surface area contributed by atoms with Crippen LogP contribution in [0.15, 0.2) is 102 Å². The molecule has 0 bridgehead atoms. The second-order valence-corrected chi connectivity index (χ2v) is 8.72. The summed E-state index contributed by atoms with van der Waals surface area (Å²) < 4.78 is 22.0. The molecule has 1 amide bonds. The van der Waals surface area contributed by atoms with E-state index in [0.717, 1.165) is 21.5 Å². The van der Waals surface area contributed by atoms with E-state index in [-0.39, 0.29) is 17.9 Å². The maximum absolute atomic E-state index is 13.0. The molecule has 8 nitrogen and oxygen atoms in total. The number of amides is 1. The molecule has 0 atom stereocenters. The molecule has 40 heavy (non-hydrogen) atoms. The molecule has 1 N–H and O–H groups in total. The smallest absolute Gasteiger partial charge is 0.343 e. The molecule has 0 aliphatic carbocycles. The summed E-state index contributed by atoms with van der Waals surface area (Å²) in [6, 6.07) is 29.3. The first-order valence-electron chi connectivity index (χ1n) is 12.5. The van der Waals surface area contributed by atoms with Crippen molar-refractivity contribution in [2.24, 2.45) is 5.10 Å². The monoisotopic (exact) mass is 534 g/mol. The van der Waals surface area contributed by atoms with E-state index in [1.54, 1.807) is 24.3 Å². The normalized spacial score (nSPS) is 10.9. The van der Waals surface area contributed by atoms with Gasteiger partial charge in [0.2, 0.25) is 0 Å². The van der Waals surface area contributed by atoms with Gasteiger partial charge in [-0.05, 0) is 46.5 Å². The van der Waals surface area contributed by atoms with Crippen molar-refractivity contribution in [1.82, 2.24) is 5.43 Å². The van der Waals surface area contributed by atoms with E-state index < -0.39 is 11.9 Å². The Hall–Kier alpha value is -5.37. The molecular formula is C32H26N2O6. The van der Waals surface area contributed by atoms with Crippen molar-refractivity contribution in [3.63, 3.8) is 0 Å². The number of fused-ring (bicyclic) bond motifs is 2. The van der Waals surface area contributed by atoms with Crippen LogP contribution in [-0.2, 0) is 4.79 Å². The summed E-state index contributed by atoms with van der Waals surface area (Å²) in [5.41, 5.74) is 3.30. The van der Waals surface area contributed by atoms with E-state index in [2.05, 4.69) is 10.5 Å². The van der Waals surface area contributed by atoms with Gasteiger partial charge in [-0.3, -0.25) is 4.79 Å². The largest absolute Gasteiger partial charge is 0.493 e. The Labute approximate surface area is 230 Å². The van der Waals surface area contributed by atoms with Crippen molar-refractivity contribution < 1.29 is 28.5 Å². The zero-order chi connectivity index (χ0) is 27.9. The summed E-state index contributed by atoms with van der Waals surface area (Å²) >= 11 is 0. The van der Waals surface area contributed by atoms with E-state index in [0.29, 0.717) is 22.8 Å². The van der Waals surface area contributed by atoms with E-state index in [9.17, 15) is 9.59 Å². The molecule has 5 rings (SSSR count). The number of hydrogen-bond acceptors (Lipinski definition) is 7. The second-order valence-electron chi connectivity index (χ2n) is 8.72. The number of carbonyl (C=O) groups is 2. The minimum Gasteiger partial charge on any atom is -0.493 e. The minimum atomic E-state index is -0.585. The number of ether oxygens (including phenoxy) is 4. The molecule has 0 aliphatic rings. The van der Waals surface area contributed by atoms with Gasteiger partial charge in [0.25, 0.3) is 5.91 Å². The van der Waals surface area contributed by atoms with Crippen LogP contribution in [0.4, 0.5) is 0 Å². The standard InChI is InChI=1S/C32H26N2O6/c1-37-29-17-15-23(18-30(29)38-2)32(36)40-28-16-14-22-9-3-5-11-24(22)26(28)19-33-34-31(35)20-39-27-13-7-10-21-8-4-6-12-25(21)27/h3-19H,20H2,1-2H3,(H,34,35). The number of nitrogens with one attached hydrogen (secondary N) is 1. The van der Waals surface area contributed by atoms with Crippen LogP contribution < -0.4 is 24.4 Å². The zero-order valence-electron chi connectivity index (χ0n) is 21.9. The maximum Gasteiger partial charge on any atom is 0.343 e. The Kier molecular flexibility index (Phi) is 7.87. The fourth-order valence-corrected chi connectivity index (χ4v) is 4.29. The van der Waals surface area contributed by atoms with Crippen molar-refractivity contribution in [1.29, 1.82) is 0 Å². The van der Waals surface area contributed by atoms with Crippen molar-refractivity contribution in [2.45, 2.75) is 0 Å². The highest BCUT2D eigenvalue weighted by Crippen LogP contribution is 2.30. The summed E-state index contributed by atoms with van der Waals surface area (Å²) in [6.45, 7) is -0.220. The molecule has 0 aromatic heterocycles. The Morgan fingerprint density at radius 3 is 2.17 bits per heavy atom. The fraction of sp³-hybridized carbons (Fsp3) is 0.0938. The molecule has 5 aromatic carbocycles. The van der Waals surface area contributed by atoms with Crippen LogP contribution in [0, 0.1) is 0 Å². The lowest BCUT2D eigenvalue weighted by Gasteiger charge is -2.12. The minimum absolute atomic E-state index is 0.220. The third-order valence-corrected chi connectivity index (χ3v) is 6.24. The first kappa shape index (κ1) is 26.2.